The molecule has 0 unspecified atom stereocenters. The van der Waals surface area contributed by atoms with Crippen LogP contribution in [0.2, 0.25) is 0 Å². The van der Waals surface area contributed by atoms with E-state index in [0.717, 1.165) is 11.3 Å². The molecule has 0 aliphatic carbocycles. The Hall–Kier alpha value is -2.25. The zero-order valence-corrected chi connectivity index (χ0v) is 11.1. The summed E-state index contributed by atoms with van der Waals surface area (Å²) in [6.45, 7) is 2.05. The van der Waals surface area contributed by atoms with Crippen molar-refractivity contribution in [2.24, 2.45) is 0 Å². The SMILES string of the molecule is CCCCOC(=O)N(C)c1cc(F)c(F)cc1[N+](=O)[O-]. The summed E-state index contributed by atoms with van der Waals surface area (Å²) < 4.78 is 31.0. The predicted molar refractivity (Wildman–Crippen MR) is 67.7 cm³/mol. The van der Waals surface area contributed by atoms with Crippen molar-refractivity contribution in [2.45, 2.75) is 19.8 Å². The van der Waals surface area contributed by atoms with E-state index in [-0.39, 0.29) is 12.3 Å². The number of amides is 1. The third-order valence-corrected chi connectivity index (χ3v) is 2.57. The van der Waals surface area contributed by atoms with Crippen LogP contribution in [0.3, 0.4) is 0 Å². The molecule has 0 aliphatic heterocycles. The largest absolute Gasteiger partial charge is 0.449 e. The average Bonchev–Trinajstić information content (AvgIpc) is 2.40. The first-order valence-electron chi connectivity index (χ1n) is 5.92. The van der Waals surface area contributed by atoms with Gasteiger partial charge in [0.1, 0.15) is 5.69 Å². The van der Waals surface area contributed by atoms with E-state index in [1.165, 1.54) is 7.05 Å². The number of nitrogens with zero attached hydrogens (tertiary/aromatic N) is 2. The number of carbonyl (C=O) groups is 1. The Morgan fingerprint density at radius 2 is 2.00 bits per heavy atom. The average molecular weight is 288 g/mol. The standard InChI is InChI=1S/C12H14F2N2O4/c1-3-4-5-20-12(17)15(2)10-6-8(13)9(14)7-11(10)16(18)19/h6-7H,3-5H2,1-2H3. The number of ether oxygens (including phenoxy) is 1. The lowest BCUT2D eigenvalue weighted by Gasteiger charge is -2.17. The fourth-order valence-electron chi connectivity index (χ4n) is 1.44. The summed E-state index contributed by atoms with van der Waals surface area (Å²) in [4.78, 5) is 22.3. The van der Waals surface area contributed by atoms with Gasteiger partial charge < -0.3 is 4.74 Å². The Morgan fingerprint density at radius 1 is 1.40 bits per heavy atom. The van der Waals surface area contributed by atoms with Gasteiger partial charge in [0.15, 0.2) is 11.6 Å². The molecular formula is C12H14F2N2O4. The summed E-state index contributed by atoms with van der Waals surface area (Å²) in [5, 5.41) is 10.8. The maximum Gasteiger partial charge on any atom is 0.414 e. The van der Waals surface area contributed by atoms with Crippen LogP contribution in [0.1, 0.15) is 19.8 Å². The Labute approximate surface area is 114 Å². The Balaban J connectivity index is 3.02. The van der Waals surface area contributed by atoms with Crippen molar-refractivity contribution >= 4 is 17.5 Å². The van der Waals surface area contributed by atoms with E-state index in [4.69, 9.17) is 4.74 Å². The van der Waals surface area contributed by atoms with Gasteiger partial charge in [0, 0.05) is 13.1 Å². The summed E-state index contributed by atoms with van der Waals surface area (Å²) in [6.07, 6.45) is 0.578. The normalized spacial score (nSPS) is 10.2. The van der Waals surface area contributed by atoms with Crippen LogP contribution in [-0.2, 0) is 4.74 Å². The van der Waals surface area contributed by atoms with Gasteiger partial charge in [-0.05, 0) is 6.42 Å². The maximum atomic E-state index is 13.2. The van der Waals surface area contributed by atoms with Gasteiger partial charge >= 0.3 is 6.09 Å². The smallest absolute Gasteiger partial charge is 0.414 e. The molecule has 0 saturated heterocycles. The fourth-order valence-corrected chi connectivity index (χ4v) is 1.44. The number of halogens is 2. The first kappa shape index (κ1) is 15.8. The van der Waals surface area contributed by atoms with Gasteiger partial charge in [0.05, 0.1) is 17.6 Å². The minimum Gasteiger partial charge on any atom is -0.449 e. The third-order valence-electron chi connectivity index (χ3n) is 2.57. The molecular weight excluding hydrogens is 274 g/mol. The van der Waals surface area contributed by atoms with E-state index in [0.29, 0.717) is 18.6 Å². The lowest BCUT2D eigenvalue weighted by molar-refractivity contribution is -0.384. The molecule has 0 N–H and O–H groups in total. The van der Waals surface area contributed by atoms with Crippen LogP contribution < -0.4 is 4.90 Å². The number of nitro groups is 1. The number of hydrogen-bond donors (Lipinski definition) is 0. The second-order valence-electron chi connectivity index (χ2n) is 4.04. The van der Waals surface area contributed by atoms with Gasteiger partial charge in [-0.2, -0.15) is 0 Å². The summed E-state index contributed by atoms with van der Waals surface area (Å²) in [7, 11) is 1.19. The van der Waals surface area contributed by atoms with Crippen LogP contribution in [0.4, 0.5) is 25.0 Å². The molecule has 1 amide bonds. The van der Waals surface area contributed by atoms with Crippen molar-refractivity contribution in [3.63, 3.8) is 0 Å². The topological polar surface area (TPSA) is 72.7 Å². The molecule has 20 heavy (non-hydrogen) atoms. The number of hydrogen-bond acceptors (Lipinski definition) is 4. The van der Waals surface area contributed by atoms with Crippen molar-refractivity contribution in [2.75, 3.05) is 18.6 Å². The second kappa shape index (κ2) is 6.78. The van der Waals surface area contributed by atoms with Gasteiger partial charge in [-0.1, -0.05) is 13.3 Å². The highest BCUT2D eigenvalue weighted by Crippen LogP contribution is 2.30. The molecule has 0 aliphatic rings. The summed E-state index contributed by atoms with van der Waals surface area (Å²) >= 11 is 0. The first-order chi connectivity index (χ1) is 9.38. The van der Waals surface area contributed by atoms with Crippen LogP contribution in [0.15, 0.2) is 12.1 Å². The van der Waals surface area contributed by atoms with E-state index >= 15 is 0 Å². The van der Waals surface area contributed by atoms with Crippen molar-refractivity contribution in [1.29, 1.82) is 0 Å². The Kier molecular flexibility index (Phi) is 5.36. The molecule has 6 nitrogen and oxygen atoms in total. The number of benzene rings is 1. The molecule has 0 saturated carbocycles. The number of unbranched alkanes of at least 4 members (excludes halogenated alkanes) is 1. The number of nitro benzene ring substituents is 1. The van der Waals surface area contributed by atoms with E-state index in [1.54, 1.807) is 0 Å². The van der Waals surface area contributed by atoms with Gasteiger partial charge in [-0.25, -0.2) is 13.6 Å². The van der Waals surface area contributed by atoms with Crippen molar-refractivity contribution < 1.29 is 23.2 Å². The van der Waals surface area contributed by atoms with Crippen LogP contribution >= 0.6 is 0 Å². The molecule has 0 aromatic heterocycles. The monoisotopic (exact) mass is 288 g/mol. The Morgan fingerprint density at radius 3 is 2.55 bits per heavy atom. The highest BCUT2D eigenvalue weighted by atomic mass is 19.2. The highest BCUT2D eigenvalue weighted by molar-refractivity contribution is 5.90. The molecule has 1 rings (SSSR count). The molecule has 0 bridgehead atoms. The maximum absolute atomic E-state index is 13.2. The zero-order chi connectivity index (χ0) is 15.3. The minimum absolute atomic E-state index is 0.150. The molecule has 110 valence electrons. The Bertz CT molecular complexity index is 522. The van der Waals surface area contributed by atoms with Crippen LogP contribution in [0.5, 0.6) is 0 Å². The van der Waals surface area contributed by atoms with E-state index in [1.807, 2.05) is 6.92 Å². The molecule has 0 fully saturated rings. The van der Waals surface area contributed by atoms with Crippen LogP contribution in [0, 0.1) is 21.7 Å². The zero-order valence-electron chi connectivity index (χ0n) is 11.1. The van der Waals surface area contributed by atoms with Crippen molar-refractivity contribution in [3.05, 3.63) is 33.9 Å². The van der Waals surface area contributed by atoms with E-state index < -0.39 is 28.3 Å². The molecule has 0 spiro atoms. The van der Waals surface area contributed by atoms with Gasteiger partial charge in [0.2, 0.25) is 0 Å². The fraction of sp³-hybridized carbons (Fsp3) is 0.417. The quantitative estimate of drug-likeness (QED) is 0.473. The predicted octanol–water partition coefficient (Wildman–Crippen LogP) is 3.25. The number of anilines is 1. The third kappa shape index (κ3) is 3.62. The molecule has 0 atom stereocenters. The van der Waals surface area contributed by atoms with E-state index in [2.05, 4.69) is 0 Å². The lowest BCUT2D eigenvalue weighted by Crippen LogP contribution is -2.28. The molecule has 0 heterocycles. The van der Waals surface area contributed by atoms with Gasteiger partial charge in [0.25, 0.3) is 5.69 Å². The van der Waals surface area contributed by atoms with Gasteiger partial charge in [-0.3, -0.25) is 15.0 Å². The van der Waals surface area contributed by atoms with Crippen LogP contribution in [0.25, 0.3) is 0 Å². The summed E-state index contributed by atoms with van der Waals surface area (Å²) in [5.41, 5.74) is -1.07. The molecule has 1 aromatic rings. The summed E-state index contributed by atoms with van der Waals surface area (Å²) in [5.74, 6) is -2.63. The number of rotatable bonds is 5. The highest BCUT2D eigenvalue weighted by Gasteiger charge is 2.25. The van der Waals surface area contributed by atoms with Crippen molar-refractivity contribution in [1.82, 2.24) is 0 Å². The molecule has 1 aromatic carbocycles. The van der Waals surface area contributed by atoms with Crippen molar-refractivity contribution in [3.8, 4) is 0 Å². The lowest BCUT2D eigenvalue weighted by atomic mass is 10.2. The molecule has 0 radical (unpaired) electrons. The minimum atomic E-state index is -1.35. The van der Waals surface area contributed by atoms with Gasteiger partial charge in [-0.15, -0.1) is 0 Å². The van der Waals surface area contributed by atoms with E-state index in [9.17, 15) is 23.7 Å². The summed E-state index contributed by atoms with van der Waals surface area (Å²) in [6, 6.07) is 1.02. The second-order valence-corrected chi connectivity index (χ2v) is 4.04. The number of carbonyl (C=O) groups excluding carboxylic acids is 1. The first-order valence-corrected chi connectivity index (χ1v) is 5.92. The molecule has 8 heteroatoms. The van der Waals surface area contributed by atoms with Crippen LogP contribution in [-0.4, -0.2) is 24.7 Å².